The van der Waals surface area contributed by atoms with Gasteiger partial charge in [0.2, 0.25) is 0 Å². The molecular formula is C11H13N3O4. The van der Waals surface area contributed by atoms with Crippen molar-refractivity contribution in [3.63, 3.8) is 0 Å². The number of carboxylic acid groups (broad SMARTS) is 1. The summed E-state index contributed by atoms with van der Waals surface area (Å²) in [4.78, 5) is 28.2. The van der Waals surface area contributed by atoms with E-state index in [1.54, 1.807) is 0 Å². The van der Waals surface area contributed by atoms with Crippen molar-refractivity contribution in [2.24, 2.45) is 0 Å². The van der Waals surface area contributed by atoms with Crippen LogP contribution < -0.4 is 5.32 Å². The fourth-order valence-corrected chi connectivity index (χ4v) is 1.89. The molecule has 0 saturated carbocycles. The van der Waals surface area contributed by atoms with Gasteiger partial charge < -0.3 is 20.4 Å². The van der Waals surface area contributed by atoms with E-state index < -0.39 is 17.9 Å². The van der Waals surface area contributed by atoms with E-state index in [1.807, 2.05) is 0 Å². The summed E-state index contributed by atoms with van der Waals surface area (Å²) in [5.41, 5.74) is 0.0677. The first-order valence-electron chi connectivity index (χ1n) is 5.48. The topological polar surface area (TPSA) is 103 Å². The zero-order valence-corrected chi connectivity index (χ0v) is 9.54. The van der Waals surface area contributed by atoms with Gasteiger partial charge >= 0.3 is 5.97 Å². The number of rotatable bonds is 2. The van der Waals surface area contributed by atoms with Crippen LogP contribution in [0.25, 0.3) is 0 Å². The van der Waals surface area contributed by atoms with Crippen LogP contribution in [0.1, 0.15) is 10.4 Å². The maximum atomic E-state index is 12.2. The molecule has 1 aliphatic rings. The summed E-state index contributed by atoms with van der Waals surface area (Å²) in [6, 6.07) is 0.456. The smallest absolute Gasteiger partial charge is 0.327 e. The van der Waals surface area contributed by atoms with Gasteiger partial charge in [-0.1, -0.05) is 0 Å². The molecule has 18 heavy (non-hydrogen) atoms. The lowest BCUT2D eigenvalue weighted by atomic mass is 10.1. The van der Waals surface area contributed by atoms with Crippen LogP contribution in [0.15, 0.2) is 18.5 Å². The Balaban J connectivity index is 2.27. The van der Waals surface area contributed by atoms with Crippen LogP contribution in [-0.4, -0.2) is 57.6 Å². The molecule has 2 heterocycles. The summed E-state index contributed by atoms with van der Waals surface area (Å²) < 4.78 is 0. The van der Waals surface area contributed by atoms with Crippen LogP contribution in [0.5, 0.6) is 5.75 Å². The number of aliphatic carboxylic acids is 1. The van der Waals surface area contributed by atoms with Crippen molar-refractivity contribution in [1.82, 2.24) is 15.2 Å². The quantitative estimate of drug-likeness (QED) is 0.641. The van der Waals surface area contributed by atoms with Gasteiger partial charge in [0.15, 0.2) is 0 Å². The summed E-state index contributed by atoms with van der Waals surface area (Å²) in [5, 5.41) is 21.5. The van der Waals surface area contributed by atoms with E-state index in [9.17, 15) is 14.7 Å². The Morgan fingerprint density at radius 3 is 2.94 bits per heavy atom. The molecule has 1 aliphatic heterocycles. The van der Waals surface area contributed by atoms with Crippen LogP contribution in [0, 0.1) is 0 Å². The van der Waals surface area contributed by atoms with Crippen molar-refractivity contribution in [3.8, 4) is 5.75 Å². The number of carbonyl (C=O) groups excluding carboxylic acids is 1. The first kappa shape index (κ1) is 12.3. The van der Waals surface area contributed by atoms with Gasteiger partial charge in [-0.2, -0.15) is 0 Å². The first-order chi connectivity index (χ1) is 8.61. The summed E-state index contributed by atoms with van der Waals surface area (Å²) >= 11 is 0. The predicted molar refractivity (Wildman–Crippen MR) is 61.2 cm³/mol. The minimum absolute atomic E-state index is 0.0677. The van der Waals surface area contributed by atoms with Crippen LogP contribution in [-0.2, 0) is 4.79 Å². The second-order valence-electron chi connectivity index (χ2n) is 3.95. The molecule has 1 aromatic rings. The SMILES string of the molecule is O=C(O)C1CNCCN1C(=O)c1ccncc1O. The molecule has 0 bridgehead atoms. The molecule has 1 amide bonds. The van der Waals surface area contributed by atoms with Crippen molar-refractivity contribution >= 4 is 11.9 Å². The number of pyridine rings is 1. The van der Waals surface area contributed by atoms with E-state index in [1.165, 1.54) is 17.2 Å². The van der Waals surface area contributed by atoms with E-state index >= 15 is 0 Å². The van der Waals surface area contributed by atoms with E-state index in [-0.39, 0.29) is 24.4 Å². The normalized spacial score (nSPS) is 19.6. The van der Waals surface area contributed by atoms with Gasteiger partial charge in [-0.3, -0.25) is 9.78 Å². The van der Waals surface area contributed by atoms with Gasteiger partial charge in [-0.15, -0.1) is 0 Å². The number of aromatic nitrogens is 1. The predicted octanol–water partition coefficient (Wildman–Crippen LogP) is -0.714. The summed E-state index contributed by atoms with van der Waals surface area (Å²) in [6.07, 6.45) is 2.54. The standard InChI is InChI=1S/C11H13N3O4/c15-9-6-12-2-1-7(9)10(16)14-4-3-13-5-8(14)11(17)18/h1-2,6,8,13,15H,3-5H2,(H,17,18). The molecule has 0 aliphatic carbocycles. The lowest BCUT2D eigenvalue weighted by Gasteiger charge is -2.33. The molecule has 1 atom stereocenters. The van der Waals surface area contributed by atoms with Gasteiger partial charge in [0.1, 0.15) is 11.8 Å². The number of hydrogen-bond acceptors (Lipinski definition) is 5. The Morgan fingerprint density at radius 2 is 2.28 bits per heavy atom. The van der Waals surface area contributed by atoms with Crippen molar-refractivity contribution < 1.29 is 19.8 Å². The lowest BCUT2D eigenvalue weighted by Crippen LogP contribution is -2.56. The number of carboxylic acids is 1. The molecule has 1 saturated heterocycles. The Morgan fingerprint density at radius 1 is 1.50 bits per heavy atom. The van der Waals surface area contributed by atoms with Gasteiger partial charge in [0.25, 0.3) is 5.91 Å². The highest BCUT2D eigenvalue weighted by atomic mass is 16.4. The summed E-state index contributed by atoms with van der Waals surface area (Å²) in [6.45, 7) is 1.02. The van der Waals surface area contributed by atoms with E-state index in [4.69, 9.17) is 5.11 Å². The maximum Gasteiger partial charge on any atom is 0.327 e. The van der Waals surface area contributed by atoms with Crippen molar-refractivity contribution in [2.45, 2.75) is 6.04 Å². The van der Waals surface area contributed by atoms with Gasteiger partial charge in [-0.25, -0.2) is 4.79 Å². The number of amides is 1. The second kappa shape index (κ2) is 5.01. The molecule has 0 spiro atoms. The van der Waals surface area contributed by atoms with Gasteiger partial charge in [-0.05, 0) is 6.07 Å². The minimum Gasteiger partial charge on any atom is -0.505 e. The van der Waals surface area contributed by atoms with Gasteiger partial charge in [0.05, 0.1) is 11.8 Å². The molecule has 3 N–H and O–H groups in total. The van der Waals surface area contributed by atoms with Gasteiger partial charge in [0, 0.05) is 25.8 Å². The van der Waals surface area contributed by atoms with Crippen molar-refractivity contribution in [2.75, 3.05) is 19.6 Å². The third kappa shape index (κ3) is 2.25. The average molecular weight is 251 g/mol. The second-order valence-corrected chi connectivity index (χ2v) is 3.95. The fraction of sp³-hybridized carbons (Fsp3) is 0.364. The van der Waals surface area contributed by atoms with Crippen LogP contribution in [0.4, 0.5) is 0 Å². The number of piperazine rings is 1. The van der Waals surface area contributed by atoms with Crippen LogP contribution >= 0.6 is 0 Å². The molecule has 1 aromatic heterocycles. The number of carbonyl (C=O) groups is 2. The van der Waals surface area contributed by atoms with Crippen molar-refractivity contribution in [3.05, 3.63) is 24.0 Å². The Hall–Kier alpha value is -2.15. The molecule has 1 unspecified atom stereocenters. The fourth-order valence-electron chi connectivity index (χ4n) is 1.89. The minimum atomic E-state index is -1.07. The summed E-state index contributed by atoms with van der Waals surface area (Å²) in [7, 11) is 0. The molecule has 7 nitrogen and oxygen atoms in total. The van der Waals surface area contributed by atoms with E-state index in [2.05, 4.69) is 10.3 Å². The third-order valence-electron chi connectivity index (χ3n) is 2.82. The van der Waals surface area contributed by atoms with Crippen LogP contribution in [0.3, 0.4) is 0 Å². The monoisotopic (exact) mass is 251 g/mol. The van der Waals surface area contributed by atoms with E-state index in [0.717, 1.165) is 6.20 Å². The zero-order valence-electron chi connectivity index (χ0n) is 9.54. The molecule has 1 fully saturated rings. The number of nitrogens with one attached hydrogen (secondary N) is 1. The lowest BCUT2D eigenvalue weighted by molar-refractivity contribution is -0.142. The first-order valence-corrected chi connectivity index (χ1v) is 5.48. The molecular weight excluding hydrogens is 238 g/mol. The molecule has 96 valence electrons. The van der Waals surface area contributed by atoms with Crippen LogP contribution in [0.2, 0.25) is 0 Å². The number of aromatic hydroxyl groups is 1. The molecule has 0 radical (unpaired) electrons. The largest absolute Gasteiger partial charge is 0.505 e. The number of hydrogen-bond donors (Lipinski definition) is 3. The Kier molecular flexibility index (Phi) is 3.42. The van der Waals surface area contributed by atoms with E-state index in [0.29, 0.717) is 6.54 Å². The molecule has 2 rings (SSSR count). The molecule has 7 heteroatoms. The Bertz CT molecular complexity index is 477. The average Bonchev–Trinajstić information content (AvgIpc) is 2.38. The summed E-state index contributed by atoms with van der Waals surface area (Å²) in [5.74, 6) is -1.81. The highest BCUT2D eigenvalue weighted by molar-refractivity contribution is 5.98. The molecule has 0 aromatic carbocycles. The third-order valence-corrected chi connectivity index (χ3v) is 2.82. The van der Waals surface area contributed by atoms with Crippen molar-refractivity contribution in [1.29, 1.82) is 0 Å². The maximum absolute atomic E-state index is 12.2. The number of nitrogens with zero attached hydrogens (tertiary/aromatic N) is 2. The highest BCUT2D eigenvalue weighted by Crippen LogP contribution is 2.18. The Labute approximate surface area is 103 Å². The highest BCUT2D eigenvalue weighted by Gasteiger charge is 2.33. The zero-order chi connectivity index (χ0) is 13.1.